The molecule has 0 aliphatic carbocycles. The summed E-state index contributed by atoms with van der Waals surface area (Å²) in [5.41, 5.74) is 1.44. The van der Waals surface area contributed by atoms with E-state index in [9.17, 15) is 9.59 Å². The minimum Gasteiger partial charge on any atom is -0.458 e. The number of ether oxygens (including phenoxy) is 1. The van der Waals surface area contributed by atoms with Gasteiger partial charge in [-0.2, -0.15) is 5.10 Å². The average Bonchev–Trinajstić information content (AvgIpc) is 3.28. The zero-order chi connectivity index (χ0) is 19.4. The van der Waals surface area contributed by atoms with Crippen LogP contribution in [0, 0.1) is 0 Å². The lowest BCUT2D eigenvalue weighted by atomic mass is 10.1. The van der Waals surface area contributed by atoms with Crippen molar-refractivity contribution in [1.82, 2.24) is 14.7 Å². The van der Waals surface area contributed by atoms with Gasteiger partial charge in [-0.1, -0.05) is 18.2 Å². The fourth-order valence-electron chi connectivity index (χ4n) is 3.29. The molecular weight excluding hydrogens is 342 g/mol. The number of aryl methyl sites for hydroxylation is 1. The van der Waals surface area contributed by atoms with Gasteiger partial charge < -0.3 is 9.64 Å². The van der Waals surface area contributed by atoms with Gasteiger partial charge in [0.25, 0.3) is 0 Å². The first kappa shape index (κ1) is 19.1. The van der Waals surface area contributed by atoms with Gasteiger partial charge in [0.1, 0.15) is 11.6 Å². The number of esters is 1. The summed E-state index contributed by atoms with van der Waals surface area (Å²) in [6.07, 6.45) is 6.20. The third-order valence-electron chi connectivity index (χ3n) is 4.54. The standard InChI is InChI=1S/C21H27N3O3/c1-21(2,3)27-20(26)18-10-7-13-23(18)19(25)12-11-16-14-22-24(15-16)17-8-5-4-6-9-17/h4-6,8-9,14-15,18H,7,10-13H2,1-3H3/t18-/m1/s1. The summed E-state index contributed by atoms with van der Waals surface area (Å²) >= 11 is 0. The number of nitrogens with zero attached hydrogens (tertiary/aromatic N) is 3. The number of likely N-dealkylation sites (tertiary alicyclic amines) is 1. The van der Waals surface area contributed by atoms with Crippen LogP contribution in [-0.4, -0.2) is 44.7 Å². The van der Waals surface area contributed by atoms with Gasteiger partial charge in [-0.3, -0.25) is 4.79 Å². The SMILES string of the molecule is CC(C)(C)OC(=O)[C@H]1CCCN1C(=O)CCc1cnn(-c2ccccc2)c1. The minimum atomic E-state index is -0.541. The van der Waals surface area contributed by atoms with E-state index in [4.69, 9.17) is 4.74 Å². The van der Waals surface area contributed by atoms with Crippen LogP contribution in [0.15, 0.2) is 42.7 Å². The number of hydrogen-bond acceptors (Lipinski definition) is 4. The molecule has 1 amide bonds. The second kappa shape index (κ2) is 7.94. The number of aromatic nitrogens is 2. The highest BCUT2D eigenvalue weighted by Gasteiger charge is 2.36. The molecule has 1 aromatic carbocycles. The first-order valence-electron chi connectivity index (χ1n) is 9.45. The number of hydrogen-bond donors (Lipinski definition) is 0. The highest BCUT2D eigenvalue weighted by molar-refractivity contribution is 5.85. The smallest absolute Gasteiger partial charge is 0.329 e. The van der Waals surface area contributed by atoms with Gasteiger partial charge in [-0.05, 0) is 57.7 Å². The van der Waals surface area contributed by atoms with Crippen LogP contribution < -0.4 is 0 Å². The second-order valence-electron chi connectivity index (χ2n) is 7.91. The maximum atomic E-state index is 12.7. The number of amides is 1. The number of para-hydroxylation sites is 1. The molecule has 0 radical (unpaired) electrons. The molecule has 144 valence electrons. The lowest BCUT2D eigenvalue weighted by molar-refractivity contribution is -0.163. The van der Waals surface area contributed by atoms with E-state index >= 15 is 0 Å². The van der Waals surface area contributed by atoms with Gasteiger partial charge in [-0.25, -0.2) is 9.48 Å². The maximum Gasteiger partial charge on any atom is 0.329 e. The van der Waals surface area contributed by atoms with E-state index in [1.165, 1.54) is 0 Å². The molecule has 0 unspecified atom stereocenters. The molecule has 2 aromatic rings. The van der Waals surface area contributed by atoms with Crippen LogP contribution in [0.3, 0.4) is 0 Å². The summed E-state index contributed by atoms with van der Waals surface area (Å²) in [5, 5.41) is 4.36. The predicted octanol–water partition coefficient (Wildman–Crippen LogP) is 3.14. The molecule has 1 atom stereocenters. The van der Waals surface area contributed by atoms with E-state index in [-0.39, 0.29) is 11.9 Å². The Bertz CT molecular complexity index is 793. The van der Waals surface area contributed by atoms with Gasteiger partial charge in [0, 0.05) is 19.2 Å². The summed E-state index contributed by atoms with van der Waals surface area (Å²) in [7, 11) is 0. The van der Waals surface area contributed by atoms with Crippen molar-refractivity contribution in [3.63, 3.8) is 0 Å². The van der Waals surface area contributed by atoms with Crippen LogP contribution in [0.2, 0.25) is 0 Å². The largest absolute Gasteiger partial charge is 0.458 e. The van der Waals surface area contributed by atoms with Crippen molar-refractivity contribution in [2.45, 2.75) is 58.1 Å². The van der Waals surface area contributed by atoms with Crippen molar-refractivity contribution in [3.8, 4) is 5.69 Å². The summed E-state index contributed by atoms with van der Waals surface area (Å²) in [6, 6.07) is 9.40. The van der Waals surface area contributed by atoms with Gasteiger partial charge in [-0.15, -0.1) is 0 Å². The second-order valence-corrected chi connectivity index (χ2v) is 7.91. The number of carbonyl (C=O) groups excluding carboxylic acids is 2. The Morgan fingerprint density at radius 1 is 1.22 bits per heavy atom. The number of carbonyl (C=O) groups is 2. The van der Waals surface area contributed by atoms with Crippen LogP contribution in [0.4, 0.5) is 0 Å². The summed E-state index contributed by atoms with van der Waals surface area (Å²) in [6.45, 7) is 6.15. The van der Waals surface area contributed by atoms with E-state index in [1.54, 1.807) is 15.8 Å². The molecule has 1 aromatic heterocycles. The third kappa shape index (κ3) is 4.96. The Morgan fingerprint density at radius 2 is 1.96 bits per heavy atom. The monoisotopic (exact) mass is 369 g/mol. The Morgan fingerprint density at radius 3 is 2.67 bits per heavy atom. The predicted molar refractivity (Wildman–Crippen MR) is 102 cm³/mol. The summed E-state index contributed by atoms with van der Waals surface area (Å²) in [4.78, 5) is 26.7. The molecule has 0 spiro atoms. The molecule has 6 nitrogen and oxygen atoms in total. The number of rotatable bonds is 5. The molecular formula is C21H27N3O3. The van der Waals surface area contributed by atoms with Crippen molar-refractivity contribution in [2.75, 3.05) is 6.54 Å². The fraction of sp³-hybridized carbons (Fsp3) is 0.476. The van der Waals surface area contributed by atoms with Crippen molar-refractivity contribution >= 4 is 11.9 Å². The van der Waals surface area contributed by atoms with E-state index < -0.39 is 11.6 Å². The van der Waals surface area contributed by atoms with Crippen molar-refractivity contribution in [3.05, 3.63) is 48.3 Å². The van der Waals surface area contributed by atoms with Gasteiger partial charge in [0.2, 0.25) is 5.91 Å². The van der Waals surface area contributed by atoms with Gasteiger partial charge >= 0.3 is 5.97 Å². The van der Waals surface area contributed by atoms with Crippen molar-refractivity contribution < 1.29 is 14.3 Å². The van der Waals surface area contributed by atoms with Crippen molar-refractivity contribution in [2.24, 2.45) is 0 Å². The molecule has 6 heteroatoms. The Balaban J connectivity index is 1.57. The van der Waals surface area contributed by atoms with E-state index in [0.717, 1.165) is 17.7 Å². The van der Waals surface area contributed by atoms with Crippen molar-refractivity contribution in [1.29, 1.82) is 0 Å². The Hall–Kier alpha value is -2.63. The molecule has 27 heavy (non-hydrogen) atoms. The molecule has 1 fully saturated rings. The van der Waals surface area contributed by atoms with Crippen LogP contribution in [0.5, 0.6) is 0 Å². The molecule has 2 heterocycles. The first-order valence-corrected chi connectivity index (χ1v) is 9.45. The lowest BCUT2D eigenvalue weighted by Crippen LogP contribution is -2.43. The topological polar surface area (TPSA) is 64.4 Å². The van der Waals surface area contributed by atoms with E-state index in [1.807, 2.05) is 57.3 Å². The zero-order valence-corrected chi connectivity index (χ0v) is 16.2. The number of benzene rings is 1. The van der Waals surface area contributed by atoms with E-state index in [0.29, 0.717) is 25.8 Å². The molecule has 0 saturated carbocycles. The Labute approximate surface area is 160 Å². The molecule has 0 N–H and O–H groups in total. The molecule has 1 aliphatic heterocycles. The minimum absolute atomic E-state index is 0.00387. The van der Waals surface area contributed by atoms with Crippen LogP contribution in [0.1, 0.15) is 45.6 Å². The summed E-state index contributed by atoms with van der Waals surface area (Å²) in [5.74, 6) is -0.305. The zero-order valence-electron chi connectivity index (χ0n) is 16.2. The lowest BCUT2D eigenvalue weighted by Gasteiger charge is -2.27. The van der Waals surface area contributed by atoms with Crippen LogP contribution >= 0.6 is 0 Å². The molecule has 1 aliphatic rings. The fourth-order valence-corrected chi connectivity index (χ4v) is 3.29. The van der Waals surface area contributed by atoms with E-state index in [2.05, 4.69) is 5.10 Å². The van der Waals surface area contributed by atoms with Gasteiger partial charge in [0.05, 0.1) is 11.9 Å². The summed E-state index contributed by atoms with van der Waals surface area (Å²) < 4.78 is 7.28. The highest BCUT2D eigenvalue weighted by Crippen LogP contribution is 2.22. The quantitative estimate of drug-likeness (QED) is 0.760. The van der Waals surface area contributed by atoms with Crippen LogP contribution in [0.25, 0.3) is 5.69 Å². The average molecular weight is 369 g/mol. The third-order valence-corrected chi connectivity index (χ3v) is 4.54. The van der Waals surface area contributed by atoms with Gasteiger partial charge in [0.15, 0.2) is 0 Å². The first-order chi connectivity index (χ1) is 12.8. The highest BCUT2D eigenvalue weighted by atomic mass is 16.6. The van der Waals surface area contributed by atoms with Crippen LogP contribution in [-0.2, 0) is 20.7 Å². The normalized spacial score (nSPS) is 17.1. The maximum absolute atomic E-state index is 12.7. The molecule has 3 rings (SSSR count). The molecule has 0 bridgehead atoms. The molecule has 1 saturated heterocycles. The Kier molecular flexibility index (Phi) is 5.63.